The maximum Gasteiger partial charge on any atom is 0.255 e. The van der Waals surface area contributed by atoms with Crippen LogP contribution in [0, 0.1) is 0 Å². The summed E-state index contributed by atoms with van der Waals surface area (Å²) in [5.41, 5.74) is 0.628. The van der Waals surface area contributed by atoms with E-state index < -0.39 is 0 Å². The average Bonchev–Trinajstić information content (AvgIpc) is 2.96. The highest BCUT2D eigenvalue weighted by Gasteiger charge is 2.17. The van der Waals surface area contributed by atoms with Crippen molar-refractivity contribution in [2.75, 3.05) is 12.8 Å². The van der Waals surface area contributed by atoms with Crippen molar-refractivity contribution in [2.45, 2.75) is 31.3 Å². The maximum absolute atomic E-state index is 12.8. The van der Waals surface area contributed by atoms with Crippen LogP contribution in [-0.4, -0.2) is 35.6 Å². The number of nitrogens with zero attached hydrogens (tertiary/aromatic N) is 1. The first-order chi connectivity index (χ1) is 11.9. The van der Waals surface area contributed by atoms with Crippen molar-refractivity contribution in [3.63, 3.8) is 0 Å². The average molecular weight is 441 g/mol. The van der Waals surface area contributed by atoms with Gasteiger partial charge in [-0.25, -0.2) is 0 Å². The third kappa shape index (κ3) is 6.17. The summed E-state index contributed by atoms with van der Waals surface area (Å²) in [4.78, 5) is 28.3. The van der Waals surface area contributed by atoms with Crippen molar-refractivity contribution < 1.29 is 9.59 Å². The molecule has 1 N–H and O–H groups in total. The van der Waals surface area contributed by atoms with Crippen LogP contribution in [0.1, 0.15) is 29.1 Å². The molecule has 7 heteroatoms. The molecule has 0 radical (unpaired) electrons. The first kappa shape index (κ1) is 20.0. The summed E-state index contributed by atoms with van der Waals surface area (Å²) in [6.07, 6.45) is 0. The van der Waals surface area contributed by atoms with Crippen LogP contribution in [0.4, 0.5) is 0 Å². The second-order valence-corrected chi connectivity index (χ2v) is 9.44. The number of hydrogen-bond acceptors (Lipinski definition) is 4. The normalized spacial score (nSPS) is 10.8. The highest BCUT2D eigenvalue weighted by Crippen LogP contribution is 2.26. The molecule has 2 rings (SSSR count). The van der Waals surface area contributed by atoms with Gasteiger partial charge in [-0.15, -0.1) is 23.1 Å². The molecule has 2 amide bonds. The summed E-state index contributed by atoms with van der Waals surface area (Å²) in [7, 11) is 1.79. The van der Waals surface area contributed by atoms with E-state index in [9.17, 15) is 9.59 Å². The number of hydrogen-bond donors (Lipinski definition) is 1. The summed E-state index contributed by atoms with van der Waals surface area (Å²) in [6.45, 7) is 4.41. The Morgan fingerprint density at radius 1 is 1.24 bits per heavy atom. The molecule has 0 aliphatic heterocycles. The number of carbonyl (C=O) groups is 2. The Kier molecular flexibility index (Phi) is 7.53. The van der Waals surface area contributed by atoms with Crippen LogP contribution >= 0.6 is 39.0 Å². The molecule has 134 valence electrons. The Balaban J connectivity index is 2.05. The maximum atomic E-state index is 12.8. The molecule has 2 aromatic rings. The summed E-state index contributed by atoms with van der Waals surface area (Å²) < 4.78 is 1.05. The van der Waals surface area contributed by atoms with Crippen molar-refractivity contribution in [1.82, 2.24) is 10.2 Å². The number of thiophene rings is 1. The van der Waals surface area contributed by atoms with E-state index in [1.165, 1.54) is 11.8 Å². The highest BCUT2D eigenvalue weighted by atomic mass is 79.9. The lowest BCUT2D eigenvalue weighted by atomic mass is 10.2. The zero-order valence-electron chi connectivity index (χ0n) is 14.4. The molecule has 0 unspecified atom stereocenters. The fourth-order valence-electron chi connectivity index (χ4n) is 2.22. The molecule has 1 heterocycles. The van der Waals surface area contributed by atoms with Gasteiger partial charge in [0.1, 0.15) is 0 Å². The standard InChI is InChI=1S/C18H21BrN2O2S2/c1-12(2)20-17(22)11-24-15-7-5-4-6-14(15)18(23)21(3)10-13-8-9-16(19)25-13/h4-9,12H,10-11H2,1-3H3,(H,20,22). The Hall–Kier alpha value is -1.31. The first-order valence-corrected chi connectivity index (χ1v) is 10.5. The number of halogens is 1. The van der Waals surface area contributed by atoms with Crippen LogP contribution in [0.25, 0.3) is 0 Å². The molecule has 0 aliphatic carbocycles. The van der Waals surface area contributed by atoms with E-state index in [1.54, 1.807) is 23.3 Å². The van der Waals surface area contributed by atoms with Crippen LogP contribution in [-0.2, 0) is 11.3 Å². The number of rotatable bonds is 7. The van der Waals surface area contributed by atoms with Crippen LogP contribution in [0.2, 0.25) is 0 Å². The Labute approximate surface area is 165 Å². The molecule has 0 saturated heterocycles. The quantitative estimate of drug-likeness (QED) is 0.648. The molecule has 25 heavy (non-hydrogen) atoms. The monoisotopic (exact) mass is 440 g/mol. The lowest BCUT2D eigenvalue weighted by Crippen LogP contribution is -2.31. The minimum Gasteiger partial charge on any atom is -0.353 e. The van der Waals surface area contributed by atoms with Crippen molar-refractivity contribution in [3.05, 3.63) is 50.6 Å². The first-order valence-electron chi connectivity index (χ1n) is 7.87. The number of nitrogens with one attached hydrogen (secondary N) is 1. The SMILES string of the molecule is CC(C)NC(=O)CSc1ccccc1C(=O)N(C)Cc1ccc(Br)s1. The predicted molar refractivity (Wildman–Crippen MR) is 108 cm³/mol. The summed E-state index contributed by atoms with van der Waals surface area (Å²) in [6, 6.07) is 11.5. The number of thioether (sulfide) groups is 1. The molecular weight excluding hydrogens is 420 g/mol. The van der Waals surface area contributed by atoms with Gasteiger partial charge in [-0.05, 0) is 54.0 Å². The minimum atomic E-state index is -0.0445. The molecule has 0 atom stereocenters. The van der Waals surface area contributed by atoms with Crippen LogP contribution in [0.5, 0.6) is 0 Å². The van der Waals surface area contributed by atoms with E-state index in [2.05, 4.69) is 21.2 Å². The number of benzene rings is 1. The molecule has 0 saturated carbocycles. The molecule has 0 spiro atoms. The third-order valence-electron chi connectivity index (χ3n) is 3.29. The molecule has 0 fully saturated rings. The van der Waals surface area contributed by atoms with Crippen molar-refractivity contribution in [2.24, 2.45) is 0 Å². The van der Waals surface area contributed by atoms with Crippen LogP contribution in [0.15, 0.2) is 45.1 Å². The Morgan fingerprint density at radius 3 is 2.60 bits per heavy atom. The largest absolute Gasteiger partial charge is 0.353 e. The molecule has 1 aromatic carbocycles. The third-order valence-corrected chi connectivity index (χ3v) is 5.98. The van der Waals surface area contributed by atoms with Gasteiger partial charge in [0.15, 0.2) is 0 Å². The van der Waals surface area contributed by atoms with Gasteiger partial charge in [0.2, 0.25) is 5.91 Å². The molecule has 0 aliphatic rings. The van der Waals surface area contributed by atoms with Gasteiger partial charge in [-0.1, -0.05) is 12.1 Å². The van der Waals surface area contributed by atoms with Gasteiger partial charge in [0, 0.05) is 22.9 Å². The van der Waals surface area contributed by atoms with Crippen molar-refractivity contribution in [3.8, 4) is 0 Å². The van der Waals surface area contributed by atoms with Gasteiger partial charge < -0.3 is 10.2 Å². The summed E-state index contributed by atoms with van der Waals surface area (Å²) in [5, 5.41) is 2.86. The lowest BCUT2D eigenvalue weighted by Gasteiger charge is -2.18. The van der Waals surface area contributed by atoms with Crippen LogP contribution < -0.4 is 5.32 Å². The van der Waals surface area contributed by atoms with Gasteiger partial charge in [-0.3, -0.25) is 9.59 Å². The molecule has 1 aromatic heterocycles. The van der Waals surface area contributed by atoms with Crippen molar-refractivity contribution >= 4 is 50.8 Å². The lowest BCUT2D eigenvalue weighted by molar-refractivity contribution is -0.119. The van der Waals surface area contributed by atoms with Gasteiger partial charge in [0.05, 0.1) is 21.6 Å². The van der Waals surface area contributed by atoms with E-state index in [0.29, 0.717) is 17.9 Å². The smallest absolute Gasteiger partial charge is 0.255 e. The molecular formula is C18H21BrN2O2S2. The fourth-order valence-corrected chi connectivity index (χ4v) is 4.62. The topological polar surface area (TPSA) is 49.4 Å². The Bertz CT molecular complexity index is 746. The van der Waals surface area contributed by atoms with E-state index in [4.69, 9.17) is 0 Å². The van der Waals surface area contributed by atoms with Gasteiger partial charge in [-0.2, -0.15) is 0 Å². The fraction of sp³-hybridized carbons (Fsp3) is 0.333. The second-order valence-electron chi connectivity index (χ2n) is 5.87. The van der Waals surface area contributed by atoms with Crippen LogP contribution in [0.3, 0.4) is 0 Å². The minimum absolute atomic E-state index is 0.0287. The van der Waals surface area contributed by atoms with E-state index >= 15 is 0 Å². The van der Waals surface area contributed by atoms with E-state index in [-0.39, 0.29) is 17.9 Å². The zero-order valence-corrected chi connectivity index (χ0v) is 17.6. The molecule has 0 bridgehead atoms. The zero-order chi connectivity index (χ0) is 18.4. The van der Waals surface area contributed by atoms with Gasteiger partial charge in [0.25, 0.3) is 5.91 Å². The Morgan fingerprint density at radius 2 is 1.96 bits per heavy atom. The number of amides is 2. The molecule has 4 nitrogen and oxygen atoms in total. The van der Waals surface area contributed by atoms with E-state index in [0.717, 1.165) is 13.6 Å². The van der Waals surface area contributed by atoms with E-state index in [1.807, 2.05) is 50.2 Å². The summed E-state index contributed by atoms with van der Waals surface area (Å²) in [5.74, 6) is 0.222. The van der Waals surface area contributed by atoms with Gasteiger partial charge >= 0.3 is 0 Å². The highest BCUT2D eigenvalue weighted by molar-refractivity contribution is 9.11. The number of carbonyl (C=O) groups excluding carboxylic acids is 2. The predicted octanol–water partition coefficient (Wildman–Crippen LogP) is 4.40. The summed E-state index contributed by atoms with van der Waals surface area (Å²) >= 11 is 6.45. The second kappa shape index (κ2) is 9.40. The van der Waals surface area contributed by atoms with Crippen molar-refractivity contribution in [1.29, 1.82) is 0 Å².